The number of aromatic amines is 2. The van der Waals surface area contributed by atoms with Crippen molar-refractivity contribution in [2.75, 3.05) is 19.8 Å². The fraction of sp³-hybridized carbons (Fsp3) is 0.733. The topological polar surface area (TPSA) is 96.2 Å². The molecule has 2 aliphatic heterocycles. The summed E-state index contributed by atoms with van der Waals surface area (Å²) >= 11 is 0. The molecule has 122 valence electrons. The van der Waals surface area contributed by atoms with E-state index >= 15 is 0 Å². The molecule has 0 radical (unpaired) electrons. The van der Waals surface area contributed by atoms with Crippen molar-refractivity contribution in [2.45, 2.75) is 50.7 Å². The first kappa shape index (κ1) is 15.3. The second-order valence-corrected chi connectivity index (χ2v) is 6.26. The van der Waals surface area contributed by atoms with Gasteiger partial charge in [-0.05, 0) is 32.6 Å². The van der Waals surface area contributed by atoms with Crippen molar-refractivity contribution in [2.24, 2.45) is 0 Å². The molecule has 0 bridgehead atoms. The SMILES string of the molecule is Cc1[nH][nH]c(=O)c1CC(=O)N[C@H]1CCOC2(CCOCC2)C1. The molecule has 2 fully saturated rings. The first-order valence-corrected chi connectivity index (χ1v) is 7.85. The molecule has 7 heteroatoms. The van der Waals surface area contributed by atoms with E-state index < -0.39 is 0 Å². The van der Waals surface area contributed by atoms with E-state index in [-0.39, 0.29) is 29.5 Å². The fourth-order valence-corrected chi connectivity index (χ4v) is 3.37. The number of aryl methyl sites for hydroxylation is 1. The normalized spacial score (nSPS) is 24.3. The number of carbonyl (C=O) groups excluding carboxylic acids is 1. The second-order valence-electron chi connectivity index (χ2n) is 6.26. The quantitative estimate of drug-likeness (QED) is 0.753. The van der Waals surface area contributed by atoms with Gasteiger partial charge < -0.3 is 19.9 Å². The Hall–Kier alpha value is -1.60. The minimum Gasteiger partial charge on any atom is -0.381 e. The third-order valence-corrected chi connectivity index (χ3v) is 4.69. The van der Waals surface area contributed by atoms with Crippen molar-refractivity contribution >= 4 is 5.91 Å². The molecule has 1 aromatic heterocycles. The lowest BCUT2D eigenvalue weighted by atomic mass is 9.84. The molecule has 1 amide bonds. The third-order valence-electron chi connectivity index (χ3n) is 4.69. The van der Waals surface area contributed by atoms with Crippen LogP contribution in [0.5, 0.6) is 0 Å². The van der Waals surface area contributed by atoms with Gasteiger partial charge in [0.2, 0.25) is 5.91 Å². The van der Waals surface area contributed by atoms with Crippen LogP contribution in [0.15, 0.2) is 4.79 Å². The number of carbonyl (C=O) groups is 1. The van der Waals surface area contributed by atoms with Crippen LogP contribution in [0.25, 0.3) is 0 Å². The molecule has 2 aliphatic rings. The Kier molecular flexibility index (Phi) is 4.35. The molecular formula is C15H23N3O4. The zero-order valence-electron chi connectivity index (χ0n) is 12.9. The third kappa shape index (κ3) is 3.25. The standard InChI is InChI=1S/C15H23N3O4/c1-10-12(14(20)18-17-10)8-13(19)16-11-2-5-22-15(9-11)3-6-21-7-4-15/h11H,2-9H2,1H3,(H,16,19)(H2,17,18,20)/t11-/m0/s1. The molecule has 7 nitrogen and oxygen atoms in total. The lowest BCUT2D eigenvalue weighted by Gasteiger charge is -2.43. The van der Waals surface area contributed by atoms with E-state index in [0.717, 1.165) is 38.9 Å². The van der Waals surface area contributed by atoms with Gasteiger partial charge >= 0.3 is 0 Å². The highest BCUT2D eigenvalue weighted by atomic mass is 16.5. The van der Waals surface area contributed by atoms with E-state index in [0.29, 0.717) is 17.9 Å². The number of H-pyrrole nitrogens is 2. The highest BCUT2D eigenvalue weighted by molar-refractivity contribution is 5.79. The van der Waals surface area contributed by atoms with E-state index in [1.807, 2.05) is 0 Å². The van der Waals surface area contributed by atoms with Crippen molar-refractivity contribution in [1.29, 1.82) is 0 Å². The summed E-state index contributed by atoms with van der Waals surface area (Å²) < 4.78 is 11.4. The first-order chi connectivity index (χ1) is 10.6. The summed E-state index contributed by atoms with van der Waals surface area (Å²) in [5.41, 5.74) is 0.856. The number of hydrogen-bond acceptors (Lipinski definition) is 4. The van der Waals surface area contributed by atoms with Crippen LogP contribution < -0.4 is 10.9 Å². The summed E-state index contributed by atoms with van der Waals surface area (Å²) in [7, 11) is 0. The highest BCUT2D eigenvalue weighted by Gasteiger charge is 2.39. The van der Waals surface area contributed by atoms with Gasteiger partial charge in [0.25, 0.3) is 5.56 Å². The Morgan fingerprint density at radius 1 is 1.32 bits per heavy atom. The van der Waals surface area contributed by atoms with Gasteiger partial charge in [-0.1, -0.05) is 0 Å². The fourth-order valence-electron chi connectivity index (χ4n) is 3.37. The summed E-state index contributed by atoms with van der Waals surface area (Å²) in [4.78, 5) is 23.8. The largest absolute Gasteiger partial charge is 0.381 e. The molecule has 0 aliphatic carbocycles. The number of rotatable bonds is 3. The minimum atomic E-state index is -0.222. The summed E-state index contributed by atoms with van der Waals surface area (Å²) in [6, 6.07) is 0.109. The van der Waals surface area contributed by atoms with Gasteiger partial charge in [-0.3, -0.25) is 14.7 Å². The molecule has 3 rings (SSSR count). The van der Waals surface area contributed by atoms with Gasteiger partial charge in [0.05, 0.1) is 12.0 Å². The van der Waals surface area contributed by atoms with E-state index in [1.165, 1.54) is 0 Å². The number of hydrogen-bond donors (Lipinski definition) is 3. The molecule has 1 spiro atoms. The summed E-state index contributed by atoms with van der Waals surface area (Å²) in [6.07, 6.45) is 3.52. The summed E-state index contributed by atoms with van der Waals surface area (Å²) in [5, 5.41) is 8.30. The predicted octanol–water partition coefficient (Wildman–Crippen LogP) is 0.398. The lowest BCUT2D eigenvalue weighted by Crippen LogP contribution is -2.51. The van der Waals surface area contributed by atoms with E-state index in [1.54, 1.807) is 6.92 Å². The van der Waals surface area contributed by atoms with Crippen LogP contribution in [-0.4, -0.2) is 47.6 Å². The number of aromatic nitrogens is 2. The zero-order chi connectivity index (χ0) is 15.6. The van der Waals surface area contributed by atoms with E-state index in [9.17, 15) is 9.59 Å². The maximum absolute atomic E-state index is 12.2. The van der Waals surface area contributed by atoms with E-state index in [4.69, 9.17) is 9.47 Å². The van der Waals surface area contributed by atoms with Crippen LogP contribution in [0.4, 0.5) is 0 Å². The molecular weight excluding hydrogens is 286 g/mol. The van der Waals surface area contributed by atoms with Crippen molar-refractivity contribution in [3.63, 3.8) is 0 Å². The van der Waals surface area contributed by atoms with Gasteiger partial charge in [-0.25, -0.2) is 0 Å². The van der Waals surface area contributed by atoms with Crippen LogP contribution >= 0.6 is 0 Å². The lowest BCUT2D eigenvalue weighted by molar-refractivity contribution is -0.143. The van der Waals surface area contributed by atoms with Crippen LogP contribution in [0.1, 0.15) is 36.9 Å². The van der Waals surface area contributed by atoms with Crippen LogP contribution in [-0.2, 0) is 20.7 Å². The average molecular weight is 309 g/mol. The van der Waals surface area contributed by atoms with Gasteiger partial charge in [0, 0.05) is 37.1 Å². The number of amides is 1. The Morgan fingerprint density at radius 3 is 2.77 bits per heavy atom. The van der Waals surface area contributed by atoms with Crippen molar-refractivity contribution < 1.29 is 14.3 Å². The molecule has 3 N–H and O–H groups in total. The Morgan fingerprint density at radius 2 is 2.09 bits per heavy atom. The monoisotopic (exact) mass is 309 g/mol. The maximum Gasteiger partial charge on any atom is 0.267 e. The smallest absolute Gasteiger partial charge is 0.267 e. The minimum absolute atomic E-state index is 0.109. The molecule has 0 saturated carbocycles. The van der Waals surface area contributed by atoms with Crippen LogP contribution in [0.3, 0.4) is 0 Å². The van der Waals surface area contributed by atoms with E-state index in [2.05, 4.69) is 15.5 Å². The molecule has 0 unspecified atom stereocenters. The highest BCUT2D eigenvalue weighted by Crippen LogP contribution is 2.34. The Balaban J connectivity index is 1.58. The van der Waals surface area contributed by atoms with Crippen LogP contribution in [0, 0.1) is 6.92 Å². The zero-order valence-corrected chi connectivity index (χ0v) is 12.9. The second kappa shape index (κ2) is 6.26. The summed E-state index contributed by atoms with van der Waals surface area (Å²) in [6.45, 7) is 3.89. The van der Waals surface area contributed by atoms with Crippen LogP contribution in [0.2, 0.25) is 0 Å². The molecule has 22 heavy (non-hydrogen) atoms. The molecule has 3 heterocycles. The van der Waals surface area contributed by atoms with Gasteiger partial charge in [0.1, 0.15) is 0 Å². The molecule has 1 aromatic rings. The van der Waals surface area contributed by atoms with Gasteiger partial charge in [-0.15, -0.1) is 0 Å². The van der Waals surface area contributed by atoms with Crippen molar-refractivity contribution in [3.8, 4) is 0 Å². The number of ether oxygens (including phenoxy) is 2. The van der Waals surface area contributed by atoms with Crippen molar-refractivity contribution in [1.82, 2.24) is 15.5 Å². The summed E-state index contributed by atoms with van der Waals surface area (Å²) in [5.74, 6) is -0.109. The average Bonchev–Trinajstić information content (AvgIpc) is 2.80. The first-order valence-electron chi connectivity index (χ1n) is 7.85. The molecule has 1 atom stereocenters. The Bertz CT molecular complexity index is 580. The van der Waals surface area contributed by atoms with Gasteiger partial charge in [-0.2, -0.15) is 0 Å². The molecule has 0 aromatic carbocycles. The maximum atomic E-state index is 12.2. The Labute approximate surface area is 128 Å². The number of nitrogens with one attached hydrogen (secondary N) is 3. The van der Waals surface area contributed by atoms with Gasteiger partial charge in [0.15, 0.2) is 0 Å². The van der Waals surface area contributed by atoms with Crippen molar-refractivity contribution in [3.05, 3.63) is 21.6 Å². The predicted molar refractivity (Wildman–Crippen MR) is 79.8 cm³/mol. The molecule has 2 saturated heterocycles.